The summed E-state index contributed by atoms with van der Waals surface area (Å²) in [5, 5.41) is 46.6. The molecule has 0 amide bonds. The predicted octanol–water partition coefficient (Wildman–Crippen LogP) is 5.02. The summed E-state index contributed by atoms with van der Waals surface area (Å²) in [6.45, 7) is 0. The molecule has 0 saturated heterocycles. The van der Waals surface area contributed by atoms with Crippen molar-refractivity contribution < 1.29 is 114 Å². The van der Waals surface area contributed by atoms with Crippen molar-refractivity contribution in [2.75, 3.05) is 0 Å². The standard InChI is InChI=1S/C17H6F18O7/c18-12(19,20)9(40,13(21,22)23)2-1-3(10(41,14(24,25)26)15(27,28)29)5(8(38)39)6(4(2)7(36)37)11(42,16(30,31)32)17(33,34)35/h1,40-42H,(H,36,37)(H,38,39). The van der Waals surface area contributed by atoms with Crippen molar-refractivity contribution in [1.82, 2.24) is 0 Å². The SMILES string of the molecule is O=C(O)c1c(C(O)(C(F)(F)F)C(F)(F)F)cc(C(O)(C(F)(F)F)C(F)(F)F)c(C(=O)O)c1C(O)(C(F)(F)F)C(F)(F)F. The number of rotatable bonds is 5. The average molecular weight is 664 g/mol. The van der Waals surface area contributed by atoms with Gasteiger partial charge < -0.3 is 25.5 Å². The smallest absolute Gasteiger partial charge is 0.430 e. The van der Waals surface area contributed by atoms with E-state index >= 15 is 0 Å². The van der Waals surface area contributed by atoms with E-state index in [0.717, 1.165) is 0 Å². The predicted molar refractivity (Wildman–Crippen MR) is 88.4 cm³/mol. The molecule has 242 valence electrons. The van der Waals surface area contributed by atoms with Crippen LogP contribution >= 0.6 is 0 Å². The molecule has 0 radical (unpaired) electrons. The van der Waals surface area contributed by atoms with Crippen molar-refractivity contribution in [3.05, 3.63) is 33.9 Å². The Bertz CT molecular complexity index is 1130. The molecule has 1 aromatic rings. The molecule has 0 aromatic heterocycles. The van der Waals surface area contributed by atoms with Crippen molar-refractivity contribution in [2.45, 2.75) is 53.9 Å². The van der Waals surface area contributed by atoms with Crippen molar-refractivity contribution in [3.8, 4) is 0 Å². The summed E-state index contributed by atoms with van der Waals surface area (Å²) in [6, 6.07) is -2.22. The molecule has 0 spiro atoms. The second-order valence-corrected chi connectivity index (χ2v) is 7.82. The highest BCUT2D eigenvalue weighted by Crippen LogP contribution is 2.60. The van der Waals surface area contributed by atoms with Crippen LogP contribution in [0.3, 0.4) is 0 Å². The summed E-state index contributed by atoms with van der Waals surface area (Å²) in [4.78, 5) is 23.2. The minimum atomic E-state index is -7.83. The van der Waals surface area contributed by atoms with E-state index in [4.69, 9.17) is 10.2 Å². The van der Waals surface area contributed by atoms with Gasteiger partial charge in [-0.3, -0.25) is 0 Å². The fourth-order valence-corrected chi connectivity index (χ4v) is 3.44. The minimum Gasteiger partial charge on any atom is -0.478 e. The molecule has 7 nitrogen and oxygen atoms in total. The van der Waals surface area contributed by atoms with Gasteiger partial charge in [0.2, 0.25) is 0 Å². The number of alkyl halides is 18. The van der Waals surface area contributed by atoms with Gasteiger partial charge in [0, 0.05) is 16.7 Å². The lowest BCUT2D eigenvalue weighted by Crippen LogP contribution is -2.59. The maximum atomic E-state index is 13.6. The highest BCUT2D eigenvalue weighted by Gasteiger charge is 2.79. The quantitative estimate of drug-likeness (QED) is 0.279. The molecule has 0 heterocycles. The number of halogens is 18. The third kappa shape index (κ3) is 5.03. The molecule has 1 aromatic carbocycles. The summed E-state index contributed by atoms with van der Waals surface area (Å²) >= 11 is 0. The van der Waals surface area contributed by atoms with Crippen LogP contribution in [0.1, 0.15) is 37.4 Å². The van der Waals surface area contributed by atoms with Crippen LogP contribution in [0.25, 0.3) is 0 Å². The number of carboxylic acid groups (broad SMARTS) is 2. The van der Waals surface area contributed by atoms with E-state index in [2.05, 4.69) is 0 Å². The Balaban J connectivity index is 5.31. The maximum Gasteiger partial charge on any atom is 0.430 e. The first-order valence-electron chi connectivity index (χ1n) is 9.26. The normalized spacial score (nSPS) is 15.2. The third-order valence-corrected chi connectivity index (χ3v) is 5.36. The average Bonchev–Trinajstić information content (AvgIpc) is 2.70. The molecule has 0 atom stereocenters. The van der Waals surface area contributed by atoms with Crippen molar-refractivity contribution in [3.63, 3.8) is 0 Å². The monoisotopic (exact) mass is 664 g/mol. The summed E-state index contributed by atoms with van der Waals surface area (Å²) < 4.78 is 243. The number of hydrogen-bond donors (Lipinski definition) is 5. The van der Waals surface area contributed by atoms with Crippen LogP contribution in [0.2, 0.25) is 0 Å². The van der Waals surface area contributed by atoms with Crippen LogP contribution in [-0.4, -0.2) is 74.5 Å². The Kier molecular flexibility index (Phi) is 8.46. The first-order valence-corrected chi connectivity index (χ1v) is 9.26. The second kappa shape index (κ2) is 9.65. The van der Waals surface area contributed by atoms with Gasteiger partial charge in [-0.1, -0.05) is 0 Å². The van der Waals surface area contributed by atoms with E-state index in [0.29, 0.717) is 0 Å². The second-order valence-electron chi connectivity index (χ2n) is 7.82. The zero-order valence-electron chi connectivity index (χ0n) is 18.4. The lowest BCUT2D eigenvalue weighted by molar-refractivity contribution is -0.380. The molecule has 0 aliphatic rings. The molecular weight excluding hydrogens is 658 g/mol. The van der Waals surface area contributed by atoms with Crippen LogP contribution in [0, 0.1) is 0 Å². The molecule has 0 saturated carbocycles. The topological polar surface area (TPSA) is 135 Å². The van der Waals surface area contributed by atoms with Crippen molar-refractivity contribution >= 4 is 11.9 Å². The minimum absolute atomic E-state index is 2.22. The molecule has 0 unspecified atom stereocenters. The number of carbonyl (C=O) groups is 2. The van der Waals surface area contributed by atoms with Gasteiger partial charge in [0.1, 0.15) is 0 Å². The lowest BCUT2D eigenvalue weighted by Gasteiger charge is -2.41. The molecule has 1 rings (SSSR count). The molecule has 0 aliphatic carbocycles. The largest absolute Gasteiger partial charge is 0.478 e. The van der Waals surface area contributed by atoms with E-state index in [9.17, 15) is 104 Å². The molecule has 42 heavy (non-hydrogen) atoms. The van der Waals surface area contributed by atoms with Gasteiger partial charge in [0.05, 0.1) is 11.1 Å². The zero-order valence-corrected chi connectivity index (χ0v) is 18.4. The molecule has 5 N–H and O–H groups in total. The highest BCUT2D eigenvalue weighted by atomic mass is 19.4. The fourth-order valence-electron chi connectivity index (χ4n) is 3.44. The van der Waals surface area contributed by atoms with Crippen molar-refractivity contribution in [1.29, 1.82) is 0 Å². The summed E-state index contributed by atoms with van der Waals surface area (Å²) in [7, 11) is 0. The first-order chi connectivity index (χ1) is 18.0. The Morgan fingerprint density at radius 3 is 0.762 bits per heavy atom. The highest BCUT2D eigenvalue weighted by molar-refractivity contribution is 6.00. The molecule has 0 aliphatic heterocycles. The van der Waals surface area contributed by atoms with E-state index in [1.807, 2.05) is 0 Å². The third-order valence-electron chi connectivity index (χ3n) is 5.36. The van der Waals surface area contributed by atoms with Gasteiger partial charge in [0.25, 0.3) is 16.8 Å². The van der Waals surface area contributed by atoms with Gasteiger partial charge in [-0.15, -0.1) is 0 Å². The molecule has 0 bridgehead atoms. The zero-order chi connectivity index (χ0) is 34.2. The van der Waals surface area contributed by atoms with Crippen LogP contribution in [0.15, 0.2) is 6.07 Å². The van der Waals surface area contributed by atoms with Crippen LogP contribution in [-0.2, 0) is 16.8 Å². The molecule has 0 fully saturated rings. The maximum absolute atomic E-state index is 13.6. The molecular formula is C17H6F18O7. The number of hydrogen-bond acceptors (Lipinski definition) is 5. The van der Waals surface area contributed by atoms with E-state index in [-0.39, 0.29) is 0 Å². The summed E-state index contributed by atoms with van der Waals surface area (Å²) in [5.41, 5.74) is -43.5. The summed E-state index contributed by atoms with van der Waals surface area (Å²) in [6.07, 6.45) is -46.5. The lowest BCUT2D eigenvalue weighted by atomic mass is 9.73. The van der Waals surface area contributed by atoms with Gasteiger partial charge in [-0.25, -0.2) is 9.59 Å². The van der Waals surface area contributed by atoms with Gasteiger partial charge >= 0.3 is 49.0 Å². The number of benzene rings is 1. The van der Waals surface area contributed by atoms with Gasteiger partial charge in [-0.2, -0.15) is 79.0 Å². The Morgan fingerprint density at radius 1 is 0.429 bits per heavy atom. The van der Waals surface area contributed by atoms with E-state index in [1.54, 1.807) is 0 Å². The van der Waals surface area contributed by atoms with Crippen LogP contribution in [0.5, 0.6) is 0 Å². The van der Waals surface area contributed by atoms with Crippen LogP contribution in [0.4, 0.5) is 79.0 Å². The number of carboxylic acids is 2. The number of aromatic carboxylic acids is 2. The number of aliphatic hydroxyl groups is 3. The van der Waals surface area contributed by atoms with E-state index in [1.165, 1.54) is 0 Å². The summed E-state index contributed by atoms with van der Waals surface area (Å²) in [5.74, 6) is -8.06. The Hall–Kier alpha value is -3.22. The first kappa shape index (κ1) is 36.8. The Labute approximate surface area is 215 Å². The molecule has 25 heteroatoms. The van der Waals surface area contributed by atoms with Crippen molar-refractivity contribution in [2.24, 2.45) is 0 Å². The van der Waals surface area contributed by atoms with Crippen LogP contribution < -0.4 is 0 Å². The van der Waals surface area contributed by atoms with Gasteiger partial charge in [0.15, 0.2) is 0 Å². The fraction of sp³-hybridized carbons (Fsp3) is 0.529. The van der Waals surface area contributed by atoms with Gasteiger partial charge in [-0.05, 0) is 6.07 Å². The Morgan fingerprint density at radius 2 is 0.619 bits per heavy atom. The van der Waals surface area contributed by atoms with E-state index < -0.39 is 99.7 Å².